The van der Waals surface area contributed by atoms with Crippen molar-refractivity contribution in [1.29, 1.82) is 0 Å². The first kappa shape index (κ1) is 15.3. The first-order valence-corrected chi connectivity index (χ1v) is 7.84. The highest BCUT2D eigenvalue weighted by atomic mass is 16.5. The van der Waals surface area contributed by atoms with Crippen molar-refractivity contribution in [3.8, 4) is 0 Å². The van der Waals surface area contributed by atoms with Crippen LogP contribution >= 0.6 is 0 Å². The Hall–Kier alpha value is -1.10. The maximum Gasteiger partial charge on any atom is 0.224 e. The Bertz CT molecular complexity index is 340. The quantitative estimate of drug-likeness (QED) is 0.823. The lowest BCUT2D eigenvalue weighted by molar-refractivity contribution is -0.136. The van der Waals surface area contributed by atoms with E-state index in [1.54, 1.807) is 0 Å². The predicted molar refractivity (Wildman–Crippen MR) is 76.1 cm³/mol. The molecule has 2 unspecified atom stereocenters. The minimum atomic E-state index is -0.0286. The molecule has 5 heteroatoms. The molecule has 2 rings (SSSR count). The Morgan fingerprint density at radius 2 is 2.20 bits per heavy atom. The fraction of sp³-hybridized carbons (Fsp3) is 0.867. The lowest BCUT2D eigenvalue weighted by atomic mass is 9.95. The van der Waals surface area contributed by atoms with Crippen LogP contribution in [0.3, 0.4) is 0 Å². The number of hydrogen-bond donors (Lipinski definition) is 1. The van der Waals surface area contributed by atoms with Crippen LogP contribution in [0.4, 0.5) is 0 Å². The van der Waals surface area contributed by atoms with Gasteiger partial charge in [-0.1, -0.05) is 6.92 Å². The summed E-state index contributed by atoms with van der Waals surface area (Å²) in [6.45, 7) is 5.63. The van der Waals surface area contributed by atoms with Crippen molar-refractivity contribution >= 4 is 11.8 Å². The average molecular weight is 282 g/mol. The zero-order valence-electron chi connectivity index (χ0n) is 12.4. The van der Waals surface area contributed by atoms with Crippen molar-refractivity contribution in [2.75, 3.05) is 32.8 Å². The molecule has 20 heavy (non-hydrogen) atoms. The second-order valence-electron chi connectivity index (χ2n) is 5.90. The van der Waals surface area contributed by atoms with Crippen molar-refractivity contribution in [3.63, 3.8) is 0 Å². The molecular weight excluding hydrogens is 256 g/mol. The van der Waals surface area contributed by atoms with Crippen LogP contribution in [0, 0.1) is 11.8 Å². The van der Waals surface area contributed by atoms with Gasteiger partial charge < -0.3 is 15.0 Å². The number of piperidine rings is 1. The van der Waals surface area contributed by atoms with Crippen molar-refractivity contribution < 1.29 is 14.3 Å². The third-order valence-electron chi connectivity index (χ3n) is 4.18. The largest absolute Gasteiger partial charge is 0.381 e. The van der Waals surface area contributed by atoms with E-state index < -0.39 is 0 Å². The minimum absolute atomic E-state index is 0.0286. The summed E-state index contributed by atoms with van der Waals surface area (Å²) in [5, 5.41) is 2.94. The average Bonchev–Trinajstić information content (AvgIpc) is 2.97. The number of ether oxygens (including phenoxy) is 1. The molecule has 2 saturated heterocycles. The molecule has 0 aromatic heterocycles. The molecule has 2 fully saturated rings. The Morgan fingerprint density at radius 1 is 1.35 bits per heavy atom. The van der Waals surface area contributed by atoms with Crippen molar-refractivity contribution in [2.24, 2.45) is 11.8 Å². The van der Waals surface area contributed by atoms with Crippen LogP contribution in [0.15, 0.2) is 0 Å². The molecule has 2 atom stereocenters. The van der Waals surface area contributed by atoms with Gasteiger partial charge in [-0.3, -0.25) is 9.59 Å². The highest BCUT2D eigenvalue weighted by molar-refractivity contribution is 5.81. The van der Waals surface area contributed by atoms with Crippen LogP contribution in [-0.2, 0) is 14.3 Å². The Morgan fingerprint density at radius 3 is 2.90 bits per heavy atom. The van der Waals surface area contributed by atoms with Gasteiger partial charge in [-0.2, -0.15) is 0 Å². The van der Waals surface area contributed by atoms with Gasteiger partial charge in [0.1, 0.15) is 0 Å². The van der Waals surface area contributed by atoms with Gasteiger partial charge in [-0.05, 0) is 31.6 Å². The van der Waals surface area contributed by atoms with Crippen LogP contribution in [0.1, 0.15) is 39.0 Å². The van der Waals surface area contributed by atoms with E-state index in [0.717, 1.165) is 45.4 Å². The molecule has 0 bridgehead atoms. The lowest BCUT2D eigenvalue weighted by Gasteiger charge is -2.32. The smallest absolute Gasteiger partial charge is 0.224 e. The van der Waals surface area contributed by atoms with Crippen LogP contribution < -0.4 is 5.32 Å². The van der Waals surface area contributed by atoms with Crippen molar-refractivity contribution in [1.82, 2.24) is 10.2 Å². The van der Waals surface area contributed by atoms with Crippen LogP contribution in [0.5, 0.6) is 0 Å². The molecule has 2 amide bonds. The van der Waals surface area contributed by atoms with Gasteiger partial charge in [0.15, 0.2) is 0 Å². The third-order valence-corrected chi connectivity index (χ3v) is 4.18. The lowest BCUT2D eigenvalue weighted by Crippen LogP contribution is -2.46. The van der Waals surface area contributed by atoms with E-state index in [-0.39, 0.29) is 17.7 Å². The summed E-state index contributed by atoms with van der Waals surface area (Å²) in [5.41, 5.74) is 0. The van der Waals surface area contributed by atoms with Crippen molar-refractivity contribution in [3.05, 3.63) is 0 Å². The normalized spacial score (nSPS) is 26.6. The van der Waals surface area contributed by atoms with E-state index in [1.807, 2.05) is 11.8 Å². The number of amides is 2. The molecule has 1 N–H and O–H groups in total. The number of nitrogens with zero attached hydrogens (tertiary/aromatic N) is 1. The molecule has 0 radical (unpaired) electrons. The minimum Gasteiger partial charge on any atom is -0.381 e. The summed E-state index contributed by atoms with van der Waals surface area (Å²) >= 11 is 0. The first-order chi connectivity index (χ1) is 9.70. The monoisotopic (exact) mass is 282 g/mol. The van der Waals surface area contributed by atoms with E-state index in [1.165, 1.54) is 0 Å². The number of rotatable bonds is 5. The zero-order chi connectivity index (χ0) is 14.4. The van der Waals surface area contributed by atoms with Gasteiger partial charge in [0.2, 0.25) is 11.8 Å². The topological polar surface area (TPSA) is 58.6 Å². The second-order valence-corrected chi connectivity index (χ2v) is 5.90. The number of nitrogens with one attached hydrogen (secondary N) is 1. The first-order valence-electron chi connectivity index (χ1n) is 7.84. The SMILES string of the molecule is CCCNC(=O)C1CCCN(C(=O)CC2CCOC2)C1. The number of carbonyl (C=O) groups excluding carboxylic acids is 2. The van der Waals surface area contributed by atoms with E-state index in [9.17, 15) is 9.59 Å². The fourth-order valence-electron chi connectivity index (χ4n) is 2.93. The van der Waals surface area contributed by atoms with Gasteiger partial charge in [0, 0.05) is 39.3 Å². The number of likely N-dealkylation sites (tertiary alicyclic amines) is 1. The molecule has 5 nitrogen and oxygen atoms in total. The van der Waals surface area contributed by atoms with E-state index >= 15 is 0 Å². The molecule has 2 aliphatic rings. The summed E-state index contributed by atoms with van der Waals surface area (Å²) in [5.74, 6) is 0.637. The van der Waals surface area contributed by atoms with Crippen LogP contribution in [0.25, 0.3) is 0 Å². The molecule has 2 heterocycles. The highest BCUT2D eigenvalue weighted by Gasteiger charge is 2.29. The summed E-state index contributed by atoms with van der Waals surface area (Å²) in [4.78, 5) is 26.1. The predicted octanol–water partition coefficient (Wildman–Crippen LogP) is 1.18. The molecule has 0 aromatic carbocycles. The molecule has 2 aliphatic heterocycles. The molecule has 0 saturated carbocycles. The Labute approximate surface area is 121 Å². The van der Waals surface area contributed by atoms with Crippen LogP contribution in [0.2, 0.25) is 0 Å². The summed E-state index contributed by atoms with van der Waals surface area (Å²) in [6, 6.07) is 0. The molecule has 0 spiro atoms. The summed E-state index contributed by atoms with van der Waals surface area (Å²) < 4.78 is 5.31. The maximum atomic E-state index is 12.3. The van der Waals surface area contributed by atoms with Crippen molar-refractivity contribution in [2.45, 2.75) is 39.0 Å². The Balaban J connectivity index is 1.79. The van der Waals surface area contributed by atoms with E-state index in [2.05, 4.69) is 5.32 Å². The standard InChI is InChI=1S/C15H26N2O3/c1-2-6-16-15(19)13-4-3-7-17(10-13)14(18)9-12-5-8-20-11-12/h12-13H,2-11H2,1H3,(H,16,19). The van der Waals surface area contributed by atoms with E-state index in [4.69, 9.17) is 4.74 Å². The van der Waals surface area contributed by atoms with Gasteiger partial charge in [-0.15, -0.1) is 0 Å². The number of carbonyl (C=O) groups is 2. The van der Waals surface area contributed by atoms with Crippen LogP contribution in [-0.4, -0.2) is 49.6 Å². The van der Waals surface area contributed by atoms with Gasteiger partial charge in [0.05, 0.1) is 5.92 Å². The second kappa shape index (κ2) is 7.62. The van der Waals surface area contributed by atoms with Gasteiger partial charge in [-0.25, -0.2) is 0 Å². The molecule has 0 aromatic rings. The molecule has 0 aliphatic carbocycles. The summed E-state index contributed by atoms with van der Waals surface area (Å²) in [6.07, 6.45) is 4.33. The maximum absolute atomic E-state index is 12.3. The fourth-order valence-corrected chi connectivity index (χ4v) is 2.93. The zero-order valence-corrected chi connectivity index (χ0v) is 12.4. The third kappa shape index (κ3) is 4.20. The van der Waals surface area contributed by atoms with Gasteiger partial charge >= 0.3 is 0 Å². The van der Waals surface area contributed by atoms with E-state index in [0.29, 0.717) is 25.5 Å². The molecular formula is C15H26N2O3. The highest BCUT2D eigenvalue weighted by Crippen LogP contribution is 2.21. The Kier molecular flexibility index (Phi) is 5.83. The molecule has 114 valence electrons. The van der Waals surface area contributed by atoms with Gasteiger partial charge in [0.25, 0.3) is 0 Å². The summed E-state index contributed by atoms with van der Waals surface area (Å²) in [7, 11) is 0. The number of hydrogen-bond acceptors (Lipinski definition) is 3.